The van der Waals surface area contributed by atoms with Gasteiger partial charge in [-0.05, 0) is 0 Å². The molecule has 0 unspecified atom stereocenters. The quantitative estimate of drug-likeness (QED) is 0.889. The van der Waals surface area contributed by atoms with Gasteiger partial charge in [0.15, 0.2) is 0 Å². The number of fused-ring (bicyclic) bond motifs is 1. The van der Waals surface area contributed by atoms with E-state index in [9.17, 15) is 4.79 Å². The highest BCUT2D eigenvalue weighted by Gasteiger charge is 2.24. The van der Waals surface area contributed by atoms with Crippen LogP contribution in [0.2, 0.25) is 0 Å². The zero-order chi connectivity index (χ0) is 16.4. The van der Waals surface area contributed by atoms with Gasteiger partial charge in [-0.25, -0.2) is 4.98 Å². The van der Waals surface area contributed by atoms with Crippen molar-refractivity contribution in [3.05, 3.63) is 17.2 Å². The monoisotopic (exact) mass is 319 g/mol. The third kappa shape index (κ3) is 3.58. The van der Waals surface area contributed by atoms with Crippen molar-refractivity contribution in [1.29, 1.82) is 0 Å². The summed E-state index contributed by atoms with van der Waals surface area (Å²) in [7, 11) is 2.13. The molecule has 1 saturated heterocycles. The Morgan fingerprint density at radius 2 is 2.00 bits per heavy atom. The molecule has 2 aliphatic heterocycles. The molecule has 6 heteroatoms. The lowest BCUT2D eigenvalue weighted by molar-refractivity contribution is -0.132. The minimum Gasteiger partial charge on any atom is -0.340 e. The number of carbonyl (C=O) groups excluding carboxylic acids is 1. The first-order valence-electron chi connectivity index (χ1n) is 8.81. The van der Waals surface area contributed by atoms with Gasteiger partial charge in [-0.3, -0.25) is 9.69 Å². The van der Waals surface area contributed by atoms with Crippen LogP contribution in [0.5, 0.6) is 0 Å². The Bertz CT molecular complexity index is 560. The fraction of sp³-hybridized carbons (Fsp3) is 0.765. The average molecular weight is 319 g/mol. The first-order chi connectivity index (χ1) is 11.1. The number of amides is 1. The molecule has 0 bridgehead atoms. The summed E-state index contributed by atoms with van der Waals surface area (Å²) >= 11 is 0. The summed E-state index contributed by atoms with van der Waals surface area (Å²) in [6.07, 6.45) is 1.66. The van der Waals surface area contributed by atoms with E-state index in [1.54, 1.807) is 0 Å². The molecule has 0 saturated carbocycles. The van der Waals surface area contributed by atoms with E-state index >= 15 is 0 Å². The number of rotatable bonds is 4. The van der Waals surface area contributed by atoms with Gasteiger partial charge in [0.25, 0.3) is 0 Å². The fourth-order valence-electron chi connectivity index (χ4n) is 3.64. The molecule has 6 nitrogen and oxygen atoms in total. The lowest BCUT2D eigenvalue weighted by Crippen LogP contribution is -2.47. The predicted octanol–water partition coefficient (Wildman–Crippen LogP) is 0.724. The van der Waals surface area contributed by atoms with E-state index < -0.39 is 0 Å². The highest BCUT2D eigenvalue weighted by molar-refractivity contribution is 5.76. The number of hydrogen-bond acceptors (Lipinski definition) is 4. The Morgan fingerprint density at radius 3 is 2.70 bits per heavy atom. The van der Waals surface area contributed by atoms with Crippen LogP contribution in [-0.4, -0.2) is 64.5 Å². The van der Waals surface area contributed by atoms with Gasteiger partial charge in [-0.1, -0.05) is 13.8 Å². The summed E-state index contributed by atoms with van der Waals surface area (Å²) in [5.74, 6) is 1.92. The number of hydrogen-bond donors (Lipinski definition) is 1. The SMILES string of the molecule is CC(C)c1nc2c(n1C)CCN(CCC(=O)N1CCNCC1)C2. The van der Waals surface area contributed by atoms with E-state index in [1.807, 2.05) is 4.90 Å². The van der Waals surface area contributed by atoms with Gasteiger partial charge >= 0.3 is 0 Å². The van der Waals surface area contributed by atoms with Crippen molar-refractivity contribution in [3.63, 3.8) is 0 Å². The smallest absolute Gasteiger partial charge is 0.223 e. The molecule has 23 heavy (non-hydrogen) atoms. The summed E-state index contributed by atoms with van der Waals surface area (Å²) in [6.45, 7) is 10.7. The molecule has 0 radical (unpaired) electrons. The van der Waals surface area contributed by atoms with Crippen LogP contribution < -0.4 is 5.32 Å². The van der Waals surface area contributed by atoms with E-state index in [0.29, 0.717) is 18.2 Å². The van der Waals surface area contributed by atoms with E-state index in [2.05, 4.69) is 35.7 Å². The van der Waals surface area contributed by atoms with Gasteiger partial charge < -0.3 is 14.8 Å². The molecule has 2 aliphatic rings. The van der Waals surface area contributed by atoms with Gasteiger partial charge in [0.2, 0.25) is 5.91 Å². The molecular formula is C17H29N5O. The second-order valence-corrected chi connectivity index (χ2v) is 6.98. The molecule has 0 atom stereocenters. The Hall–Kier alpha value is -1.40. The second kappa shape index (κ2) is 7.01. The summed E-state index contributed by atoms with van der Waals surface area (Å²) < 4.78 is 2.27. The van der Waals surface area contributed by atoms with Crippen molar-refractivity contribution in [2.24, 2.45) is 7.05 Å². The molecule has 128 valence electrons. The van der Waals surface area contributed by atoms with Gasteiger partial charge in [0.05, 0.1) is 5.69 Å². The molecular weight excluding hydrogens is 290 g/mol. The van der Waals surface area contributed by atoms with E-state index in [1.165, 1.54) is 17.2 Å². The number of nitrogens with zero attached hydrogens (tertiary/aromatic N) is 4. The zero-order valence-corrected chi connectivity index (χ0v) is 14.6. The van der Waals surface area contributed by atoms with Crippen LogP contribution in [0.1, 0.15) is 43.4 Å². The maximum absolute atomic E-state index is 12.3. The van der Waals surface area contributed by atoms with Crippen molar-refractivity contribution in [1.82, 2.24) is 24.7 Å². The van der Waals surface area contributed by atoms with Crippen LogP contribution >= 0.6 is 0 Å². The summed E-state index contributed by atoms with van der Waals surface area (Å²) in [5, 5.41) is 3.29. The van der Waals surface area contributed by atoms with Gasteiger partial charge in [-0.2, -0.15) is 0 Å². The molecule has 3 heterocycles. The van der Waals surface area contributed by atoms with Crippen molar-refractivity contribution in [2.75, 3.05) is 39.3 Å². The van der Waals surface area contributed by atoms with E-state index in [4.69, 9.17) is 4.98 Å². The minimum atomic E-state index is 0.293. The predicted molar refractivity (Wildman–Crippen MR) is 90.3 cm³/mol. The first-order valence-corrected chi connectivity index (χ1v) is 8.81. The molecule has 3 rings (SSSR count). The Labute approximate surface area is 138 Å². The van der Waals surface area contributed by atoms with Crippen LogP contribution in [0.4, 0.5) is 0 Å². The van der Waals surface area contributed by atoms with Crippen molar-refractivity contribution in [2.45, 2.75) is 39.2 Å². The van der Waals surface area contributed by atoms with E-state index in [-0.39, 0.29) is 0 Å². The van der Waals surface area contributed by atoms with Crippen molar-refractivity contribution < 1.29 is 4.79 Å². The van der Waals surface area contributed by atoms with Gasteiger partial charge in [-0.15, -0.1) is 0 Å². The number of aromatic nitrogens is 2. The maximum atomic E-state index is 12.3. The number of carbonyl (C=O) groups is 1. The molecule has 0 aliphatic carbocycles. The second-order valence-electron chi connectivity index (χ2n) is 6.98. The summed E-state index contributed by atoms with van der Waals surface area (Å²) in [5.41, 5.74) is 2.58. The third-order valence-corrected chi connectivity index (χ3v) is 5.00. The fourth-order valence-corrected chi connectivity index (χ4v) is 3.64. The maximum Gasteiger partial charge on any atom is 0.223 e. The zero-order valence-electron chi connectivity index (χ0n) is 14.6. The van der Waals surface area contributed by atoms with Crippen LogP contribution in [-0.2, 0) is 24.8 Å². The van der Waals surface area contributed by atoms with Crippen LogP contribution in [0.25, 0.3) is 0 Å². The molecule has 1 fully saturated rings. The van der Waals surface area contributed by atoms with E-state index in [0.717, 1.165) is 52.2 Å². The molecule has 0 spiro atoms. The summed E-state index contributed by atoms with van der Waals surface area (Å²) in [6, 6.07) is 0. The summed E-state index contributed by atoms with van der Waals surface area (Å²) in [4.78, 5) is 21.5. The normalized spacial score (nSPS) is 19.2. The topological polar surface area (TPSA) is 53.4 Å². The standard InChI is InChI=1S/C17H29N5O/c1-13(2)17-19-14-12-21(8-4-15(14)20(17)3)9-5-16(23)22-10-6-18-7-11-22/h13,18H,4-12H2,1-3H3. The van der Waals surface area contributed by atoms with Gasteiger partial charge in [0, 0.05) is 77.3 Å². The highest BCUT2D eigenvalue weighted by atomic mass is 16.2. The van der Waals surface area contributed by atoms with Crippen molar-refractivity contribution in [3.8, 4) is 0 Å². The van der Waals surface area contributed by atoms with Crippen LogP contribution in [0.3, 0.4) is 0 Å². The number of piperazine rings is 1. The van der Waals surface area contributed by atoms with Crippen molar-refractivity contribution >= 4 is 5.91 Å². The minimum absolute atomic E-state index is 0.293. The Balaban J connectivity index is 1.55. The van der Waals surface area contributed by atoms with Crippen LogP contribution in [0.15, 0.2) is 0 Å². The number of imidazole rings is 1. The number of nitrogens with one attached hydrogen (secondary N) is 1. The Morgan fingerprint density at radius 1 is 1.26 bits per heavy atom. The molecule has 1 aromatic heterocycles. The molecule has 0 aromatic carbocycles. The lowest BCUT2D eigenvalue weighted by atomic mass is 10.1. The largest absolute Gasteiger partial charge is 0.340 e. The van der Waals surface area contributed by atoms with Crippen LogP contribution in [0, 0.1) is 0 Å². The molecule has 1 aromatic rings. The molecule has 1 N–H and O–H groups in total. The first kappa shape index (κ1) is 16.5. The molecule has 1 amide bonds. The lowest BCUT2D eigenvalue weighted by Gasteiger charge is -2.30. The Kier molecular flexibility index (Phi) is 5.02. The average Bonchev–Trinajstić information content (AvgIpc) is 2.90. The van der Waals surface area contributed by atoms with Gasteiger partial charge in [0.1, 0.15) is 5.82 Å². The third-order valence-electron chi connectivity index (χ3n) is 5.00. The highest BCUT2D eigenvalue weighted by Crippen LogP contribution is 2.23.